The average molecular weight is 329 g/mol. The Balaban J connectivity index is 1.40. The summed E-state index contributed by atoms with van der Waals surface area (Å²) in [5, 5.41) is 3.87. The zero-order valence-electron chi connectivity index (χ0n) is 15.1. The summed E-state index contributed by atoms with van der Waals surface area (Å²) >= 11 is 0. The molecule has 4 heteroatoms. The standard InChI is InChI=1S/C20H31N3O/c1-16(23-12-10-22(2)11-13-23)15-21-18-14-20(8-5-9-20)24-19-7-4-3-6-17(18)19/h3-4,6-7,16,18,21H,5,8-15H2,1-2H3/t16-,18+/m1/s1. The quantitative estimate of drug-likeness (QED) is 0.919. The van der Waals surface area contributed by atoms with E-state index in [9.17, 15) is 0 Å². The zero-order chi connectivity index (χ0) is 16.6. The first kappa shape index (κ1) is 16.4. The second-order valence-corrected chi connectivity index (χ2v) is 8.03. The third-order valence-corrected chi connectivity index (χ3v) is 6.28. The van der Waals surface area contributed by atoms with Crippen LogP contribution in [-0.4, -0.2) is 61.2 Å². The SMILES string of the molecule is C[C@H](CN[C@H]1CC2(CCC2)Oc2ccccc21)N1CCN(C)CC1. The van der Waals surface area contributed by atoms with Gasteiger partial charge in [0.05, 0.1) is 0 Å². The summed E-state index contributed by atoms with van der Waals surface area (Å²) in [5.41, 5.74) is 1.46. The van der Waals surface area contributed by atoms with Gasteiger partial charge in [-0.05, 0) is 39.3 Å². The highest BCUT2D eigenvalue weighted by Crippen LogP contribution is 2.48. The lowest BCUT2D eigenvalue weighted by molar-refractivity contribution is -0.0375. The van der Waals surface area contributed by atoms with E-state index in [0.29, 0.717) is 12.1 Å². The molecule has 132 valence electrons. The Morgan fingerprint density at radius 1 is 1.21 bits per heavy atom. The van der Waals surface area contributed by atoms with Gasteiger partial charge in [0.15, 0.2) is 0 Å². The second-order valence-electron chi connectivity index (χ2n) is 8.03. The third kappa shape index (κ3) is 3.19. The number of fused-ring (bicyclic) bond motifs is 1. The summed E-state index contributed by atoms with van der Waals surface area (Å²) in [6.45, 7) is 8.17. The van der Waals surface area contributed by atoms with Gasteiger partial charge in [-0.2, -0.15) is 0 Å². The Morgan fingerprint density at radius 2 is 1.96 bits per heavy atom. The number of nitrogens with one attached hydrogen (secondary N) is 1. The highest BCUT2D eigenvalue weighted by atomic mass is 16.5. The first-order valence-electron chi connectivity index (χ1n) is 9.59. The maximum Gasteiger partial charge on any atom is 0.124 e. The van der Waals surface area contributed by atoms with Crippen LogP contribution >= 0.6 is 0 Å². The Labute approximate surface area is 146 Å². The van der Waals surface area contributed by atoms with Crippen molar-refractivity contribution in [1.29, 1.82) is 0 Å². The lowest BCUT2D eigenvalue weighted by Crippen LogP contribution is -2.53. The van der Waals surface area contributed by atoms with Crippen LogP contribution in [0.4, 0.5) is 0 Å². The largest absolute Gasteiger partial charge is 0.487 e. The molecule has 1 saturated heterocycles. The van der Waals surface area contributed by atoms with Crippen molar-refractivity contribution in [1.82, 2.24) is 15.1 Å². The van der Waals surface area contributed by atoms with Crippen molar-refractivity contribution < 1.29 is 4.74 Å². The first-order valence-corrected chi connectivity index (χ1v) is 9.59. The van der Waals surface area contributed by atoms with E-state index >= 15 is 0 Å². The molecular formula is C20H31N3O. The minimum Gasteiger partial charge on any atom is -0.487 e. The Morgan fingerprint density at radius 3 is 2.67 bits per heavy atom. The maximum absolute atomic E-state index is 6.36. The molecule has 3 aliphatic rings. The summed E-state index contributed by atoms with van der Waals surface area (Å²) < 4.78 is 6.36. The predicted molar refractivity (Wildman–Crippen MR) is 97.5 cm³/mol. The molecule has 2 fully saturated rings. The van der Waals surface area contributed by atoms with Crippen LogP contribution in [0.1, 0.15) is 44.2 Å². The Bertz CT molecular complexity index is 564. The monoisotopic (exact) mass is 329 g/mol. The molecule has 0 radical (unpaired) electrons. The first-order chi connectivity index (χ1) is 11.7. The van der Waals surface area contributed by atoms with Gasteiger partial charge in [0.1, 0.15) is 11.4 Å². The molecule has 2 aliphatic heterocycles. The molecule has 2 atom stereocenters. The van der Waals surface area contributed by atoms with Crippen LogP contribution in [0.25, 0.3) is 0 Å². The van der Waals surface area contributed by atoms with Crippen molar-refractivity contribution in [2.45, 2.75) is 50.3 Å². The van der Waals surface area contributed by atoms with Crippen LogP contribution in [0.5, 0.6) is 5.75 Å². The molecule has 0 amide bonds. The zero-order valence-corrected chi connectivity index (χ0v) is 15.1. The molecule has 1 spiro atoms. The summed E-state index contributed by atoms with van der Waals surface area (Å²) in [6, 6.07) is 9.64. The minimum absolute atomic E-state index is 0.114. The van der Waals surface area contributed by atoms with Crippen LogP contribution in [0.15, 0.2) is 24.3 Å². The second kappa shape index (κ2) is 6.66. The average Bonchev–Trinajstić information content (AvgIpc) is 2.58. The molecule has 0 unspecified atom stereocenters. The van der Waals surface area contributed by atoms with E-state index in [1.807, 2.05) is 0 Å². The van der Waals surface area contributed by atoms with Crippen molar-refractivity contribution in [2.75, 3.05) is 39.8 Å². The number of hydrogen-bond acceptors (Lipinski definition) is 4. The lowest BCUT2D eigenvalue weighted by Gasteiger charge is -2.48. The van der Waals surface area contributed by atoms with E-state index in [1.54, 1.807) is 0 Å². The van der Waals surface area contributed by atoms with E-state index in [4.69, 9.17) is 4.74 Å². The fraction of sp³-hybridized carbons (Fsp3) is 0.700. The van der Waals surface area contributed by atoms with Gasteiger partial charge in [-0.3, -0.25) is 4.90 Å². The lowest BCUT2D eigenvalue weighted by atomic mass is 9.73. The third-order valence-electron chi connectivity index (χ3n) is 6.28. The number of benzene rings is 1. The van der Waals surface area contributed by atoms with Crippen molar-refractivity contribution in [2.24, 2.45) is 0 Å². The topological polar surface area (TPSA) is 27.7 Å². The van der Waals surface area contributed by atoms with Gasteiger partial charge in [0, 0.05) is 56.8 Å². The van der Waals surface area contributed by atoms with Crippen LogP contribution in [-0.2, 0) is 0 Å². The molecule has 1 saturated carbocycles. The molecule has 1 aromatic carbocycles. The van der Waals surface area contributed by atoms with Gasteiger partial charge < -0.3 is 15.0 Å². The number of ether oxygens (including phenoxy) is 1. The van der Waals surface area contributed by atoms with E-state index in [2.05, 4.69) is 53.4 Å². The molecule has 1 aliphatic carbocycles. The molecule has 0 aromatic heterocycles. The fourth-order valence-corrected chi connectivity index (χ4v) is 4.38. The molecule has 4 nitrogen and oxygen atoms in total. The predicted octanol–water partition coefficient (Wildman–Crippen LogP) is 2.66. The van der Waals surface area contributed by atoms with Crippen molar-refractivity contribution in [3.8, 4) is 5.75 Å². The van der Waals surface area contributed by atoms with E-state index < -0.39 is 0 Å². The van der Waals surface area contributed by atoms with E-state index in [1.165, 1.54) is 51.0 Å². The molecule has 4 rings (SSSR count). The number of para-hydroxylation sites is 1. The number of rotatable bonds is 4. The normalized spacial score (nSPS) is 28.0. The van der Waals surface area contributed by atoms with Gasteiger partial charge in [-0.1, -0.05) is 18.2 Å². The minimum atomic E-state index is 0.114. The van der Waals surface area contributed by atoms with Crippen molar-refractivity contribution in [3.05, 3.63) is 29.8 Å². The van der Waals surface area contributed by atoms with Crippen LogP contribution in [0.3, 0.4) is 0 Å². The van der Waals surface area contributed by atoms with Gasteiger partial charge >= 0.3 is 0 Å². The highest BCUT2D eigenvalue weighted by Gasteiger charge is 2.45. The number of piperazine rings is 1. The van der Waals surface area contributed by atoms with E-state index in [-0.39, 0.29) is 5.60 Å². The van der Waals surface area contributed by atoms with Crippen molar-refractivity contribution >= 4 is 0 Å². The molecular weight excluding hydrogens is 298 g/mol. The van der Waals surface area contributed by atoms with Gasteiger partial charge in [0.2, 0.25) is 0 Å². The Kier molecular flexibility index (Phi) is 4.54. The van der Waals surface area contributed by atoms with Crippen LogP contribution < -0.4 is 10.1 Å². The Hall–Kier alpha value is -1.10. The van der Waals surface area contributed by atoms with Crippen molar-refractivity contribution in [3.63, 3.8) is 0 Å². The maximum atomic E-state index is 6.36. The smallest absolute Gasteiger partial charge is 0.124 e. The summed E-state index contributed by atoms with van der Waals surface area (Å²) in [7, 11) is 2.22. The summed E-state index contributed by atoms with van der Waals surface area (Å²) in [6.07, 6.45) is 4.87. The molecule has 24 heavy (non-hydrogen) atoms. The molecule has 1 aromatic rings. The number of nitrogens with zero attached hydrogens (tertiary/aromatic N) is 2. The highest BCUT2D eigenvalue weighted by molar-refractivity contribution is 5.39. The summed E-state index contributed by atoms with van der Waals surface area (Å²) in [4.78, 5) is 5.04. The van der Waals surface area contributed by atoms with Gasteiger partial charge in [0.25, 0.3) is 0 Å². The van der Waals surface area contributed by atoms with Gasteiger partial charge in [-0.15, -0.1) is 0 Å². The number of likely N-dealkylation sites (N-methyl/N-ethyl adjacent to an activating group) is 1. The van der Waals surface area contributed by atoms with Crippen LogP contribution in [0.2, 0.25) is 0 Å². The fourth-order valence-electron chi connectivity index (χ4n) is 4.38. The van der Waals surface area contributed by atoms with E-state index in [0.717, 1.165) is 18.7 Å². The van der Waals surface area contributed by atoms with Gasteiger partial charge in [-0.25, -0.2) is 0 Å². The summed E-state index contributed by atoms with van der Waals surface area (Å²) in [5.74, 6) is 1.10. The number of hydrogen-bond donors (Lipinski definition) is 1. The molecule has 0 bridgehead atoms. The van der Waals surface area contributed by atoms with Crippen LogP contribution in [0, 0.1) is 0 Å². The molecule has 2 heterocycles. The molecule has 1 N–H and O–H groups in total.